The lowest BCUT2D eigenvalue weighted by molar-refractivity contribution is -0.327. The first-order chi connectivity index (χ1) is 21.4. The van der Waals surface area contributed by atoms with Crippen LogP contribution in [-0.2, 0) is 23.8 Å². The summed E-state index contributed by atoms with van der Waals surface area (Å²) in [7, 11) is 1.39. The van der Waals surface area contributed by atoms with Gasteiger partial charge in [-0.1, -0.05) is 39.3 Å². The molecule has 0 amide bonds. The third kappa shape index (κ3) is 4.34. The number of hydrogen-bond acceptors (Lipinski definition) is 10. The van der Waals surface area contributed by atoms with Crippen LogP contribution in [0.25, 0.3) is 0 Å². The number of carboxylic acid groups (broad SMARTS) is 1. The summed E-state index contributed by atoms with van der Waals surface area (Å²) in [6, 6.07) is 0. The number of aliphatic hydroxyl groups is 5. The molecule has 1 saturated heterocycles. The molecule has 6 N–H and O–H groups in total. The van der Waals surface area contributed by atoms with Gasteiger partial charge < -0.3 is 44.8 Å². The van der Waals surface area contributed by atoms with Gasteiger partial charge in [0.2, 0.25) is 0 Å². The predicted molar refractivity (Wildman–Crippen MR) is 164 cm³/mol. The highest BCUT2D eigenvalue weighted by atomic mass is 16.7. The zero-order valence-corrected chi connectivity index (χ0v) is 28.1. The first kappa shape index (κ1) is 34.3. The van der Waals surface area contributed by atoms with Crippen LogP contribution in [-0.4, -0.2) is 99.7 Å². The monoisotopic (exact) mass is 650 g/mol. The molecule has 5 fully saturated rings. The van der Waals surface area contributed by atoms with E-state index in [4.69, 9.17) is 14.2 Å². The average Bonchev–Trinajstić information content (AvgIpc) is 3.28. The smallest absolute Gasteiger partial charge is 0.311 e. The van der Waals surface area contributed by atoms with Gasteiger partial charge in [0.25, 0.3) is 0 Å². The summed E-state index contributed by atoms with van der Waals surface area (Å²) >= 11 is 0. The molecule has 11 nitrogen and oxygen atoms in total. The highest BCUT2D eigenvalue weighted by Gasteiger charge is 2.74. The summed E-state index contributed by atoms with van der Waals surface area (Å²) in [4.78, 5) is 26.1. The van der Waals surface area contributed by atoms with E-state index in [1.807, 2.05) is 13.8 Å². The second-order valence-electron chi connectivity index (χ2n) is 17.0. The zero-order valence-electron chi connectivity index (χ0n) is 28.1. The van der Waals surface area contributed by atoms with E-state index in [1.165, 1.54) is 7.11 Å². The molecule has 15 atom stereocenters. The molecule has 5 aliphatic carbocycles. The van der Waals surface area contributed by atoms with Crippen LogP contribution in [0.5, 0.6) is 0 Å². The summed E-state index contributed by atoms with van der Waals surface area (Å²) in [5.74, 6) is -1.37. The Morgan fingerprint density at radius 1 is 0.957 bits per heavy atom. The van der Waals surface area contributed by atoms with E-state index in [0.717, 1.165) is 18.4 Å². The molecule has 46 heavy (non-hydrogen) atoms. The van der Waals surface area contributed by atoms with Crippen molar-refractivity contribution >= 4 is 11.9 Å². The fourth-order valence-corrected chi connectivity index (χ4v) is 12.2. The second-order valence-corrected chi connectivity index (χ2v) is 17.0. The summed E-state index contributed by atoms with van der Waals surface area (Å²) in [6.45, 7) is 10.0. The normalized spacial score (nSPS) is 54.8. The fourth-order valence-electron chi connectivity index (χ4n) is 12.2. The average molecular weight is 651 g/mol. The lowest BCUT2D eigenvalue weighted by atomic mass is 9.36. The van der Waals surface area contributed by atoms with Crippen molar-refractivity contribution in [3.63, 3.8) is 0 Å². The Morgan fingerprint density at radius 2 is 1.65 bits per heavy atom. The summed E-state index contributed by atoms with van der Waals surface area (Å²) in [6.07, 6.45) is -0.782. The van der Waals surface area contributed by atoms with Crippen molar-refractivity contribution in [2.24, 2.45) is 50.2 Å². The van der Waals surface area contributed by atoms with Crippen molar-refractivity contribution in [1.82, 2.24) is 0 Å². The van der Waals surface area contributed by atoms with Gasteiger partial charge in [-0.05, 0) is 92.3 Å². The van der Waals surface area contributed by atoms with Crippen molar-refractivity contribution in [1.29, 1.82) is 0 Å². The molecule has 0 aromatic carbocycles. The molecule has 0 aromatic rings. The minimum Gasteiger partial charge on any atom is -0.481 e. The van der Waals surface area contributed by atoms with E-state index in [2.05, 4.69) is 26.8 Å². The number of aliphatic hydroxyl groups excluding tert-OH is 5. The Labute approximate surface area is 271 Å². The molecule has 0 aromatic heterocycles. The van der Waals surface area contributed by atoms with Crippen molar-refractivity contribution in [3.8, 4) is 0 Å². The maximum Gasteiger partial charge on any atom is 0.311 e. The number of carbonyl (C=O) groups excluding carboxylic acids is 1. The molecule has 15 unspecified atom stereocenters. The maximum atomic E-state index is 13.2. The van der Waals surface area contributed by atoms with Crippen molar-refractivity contribution < 1.29 is 54.4 Å². The lowest BCUT2D eigenvalue weighted by Crippen LogP contribution is -2.68. The summed E-state index contributed by atoms with van der Waals surface area (Å²) in [5, 5.41) is 64.4. The Morgan fingerprint density at radius 3 is 2.28 bits per heavy atom. The van der Waals surface area contributed by atoms with Crippen LogP contribution >= 0.6 is 0 Å². The molecule has 0 bridgehead atoms. The number of rotatable bonds is 5. The zero-order chi connectivity index (χ0) is 33.8. The highest BCUT2D eigenvalue weighted by Crippen LogP contribution is 2.78. The molecular formula is C35H54O11. The van der Waals surface area contributed by atoms with Gasteiger partial charge in [-0.2, -0.15) is 0 Å². The van der Waals surface area contributed by atoms with Gasteiger partial charge in [-0.3, -0.25) is 9.59 Å². The van der Waals surface area contributed by atoms with Gasteiger partial charge in [0.1, 0.15) is 18.3 Å². The van der Waals surface area contributed by atoms with Crippen molar-refractivity contribution in [3.05, 3.63) is 11.6 Å². The Balaban J connectivity index is 1.35. The molecule has 260 valence electrons. The number of carbonyl (C=O) groups is 2. The number of allylic oxidation sites excluding steroid dienone is 2. The number of esters is 1. The van der Waals surface area contributed by atoms with Crippen molar-refractivity contribution in [2.75, 3.05) is 20.3 Å². The van der Waals surface area contributed by atoms with Gasteiger partial charge >= 0.3 is 11.9 Å². The van der Waals surface area contributed by atoms with E-state index >= 15 is 0 Å². The second kappa shape index (κ2) is 11.0. The third-order valence-corrected chi connectivity index (χ3v) is 14.9. The fraction of sp³-hybridized carbons (Fsp3) is 0.886. The van der Waals surface area contributed by atoms with Crippen LogP contribution in [0.3, 0.4) is 0 Å². The van der Waals surface area contributed by atoms with E-state index < -0.39 is 69.9 Å². The van der Waals surface area contributed by atoms with Crippen LogP contribution in [0.2, 0.25) is 0 Å². The topological polar surface area (TPSA) is 183 Å². The minimum atomic E-state index is -1.52. The SMILES string of the molecule is COC(=O)C1(C)CCC2(C(=O)O)CC3(C)C(=CCC4C5(C)CC(O)C(OC6OCC(O)C(O)C6O)C(C)(CO)C5CCC43C)C2C1. The molecule has 6 aliphatic rings. The van der Waals surface area contributed by atoms with Crippen LogP contribution in [0.15, 0.2) is 11.6 Å². The first-order valence-electron chi connectivity index (χ1n) is 17.0. The Kier molecular flexibility index (Phi) is 8.16. The van der Waals surface area contributed by atoms with E-state index in [0.29, 0.717) is 38.5 Å². The number of hydrogen-bond donors (Lipinski definition) is 6. The van der Waals surface area contributed by atoms with E-state index in [1.54, 1.807) is 0 Å². The molecule has 4 saturated carbocycles. The van der Waals surface area contributed by atoms with E-state index in [9.17, 15) is 40.2 Å². The quantitative estimate of drug-likeness (QED) is 0.146. The van der Waals surface area contributed by atoms with Crippen LogP contribution in [0.1, 0.15) is 86.0 Å². The number of fused-ring (bicyclic) bond motifs is 7. The van der Waals surface area contributed by atoms with Gasteiger partial charge in [0.15, 0.2) is 6.29 Å². The highest BCUT2D eigenvalue weighted by molar-refractivity contribution is 5.81. The van der Waals surface area contributed by atoms with Gasteiger partial charge in [0.05, 0.1) is 43.4 Å². The Hall–Kier alpha value is -1.60. The number of methoxy groups -OCH3 is 1. The molecule has 0 spiro atoms. The molecular weight excluding hydrogens is 596 g/mol. The van der Waals surface area contributed by atoms with Gasteiger partial charge in [0, 0.05) is 5.41 Å². The van der Waals surface area contributed by atoms with E-state index in [-0.39, 0.29) is 42.4 Å². The minimum absolute atomic E-state index is 0.0699. The van der Waals surface area contributed by atoms with Gasteiger partial charge in [-0.15, -0.1) is 0 Å². The first-order valence-corrected chi connectivity index (χ1v) is 17.0. The predicted octanol–water partition coefficient (Wildman–Crippen LogP) is 2.40. The molecule has 6 rings (SSSR count). The Bertz CT molecular complexity index is 1290. The number of aliphatic carboxylic acids is 1. The third-order valence-electron chi connectivity index (χ3n) is 14.9. The molecule has 1 aliphatic heterocycles. The number of carboxylic acids is 1. The van der Waals surface area contributed by atoms with Crippen LogP contribution < -0.4 is 0 Å². The summed E-state index contributed by atoms with van der Waals surface area (Å²) in [5.41, 5.74) is -2.68. The summed E-state index contributed by atoms with van der Waals surface area (Å²) < 4.78 is 16.9. The molecule has 11 heteroatoms. The molecule has 0 radical (unpaired) electrons. The maximum absolute atomic E-state index is 13.2. The standard InChI is InChI=1S/C35H54O11/c1-30(29(43)44-6)11-12-35(28(41)42)16-34(5)18(19(35)13-30)7-8-23-31(2)14-20(37)26(46-27-25(40)24(39)21(38)15-45-27)32(3,17-36)22(31)9-10-33(23,34)4/h7,19-27,36-40H,8-17H2,1-6H3,(H,41,42). The van der Waals surface area contributed by atoms with Crippen molar-refractivity contribution in [2.45, 2.75) is 123 Å². The van der Waals surface area contributed by atoms with Crippen LogP contribution in [0, 0.1) is 50.2 Å². The lowest BCUT2D eigenvalue weighted by Gasteiger charge is -2.69. The number of ether oxygens (including phenoxy) is 3. The van der Waals surface area contributed by atoms with Crippen LogP contribution in [0.4, 0.5) is 0 Å². The molecule has 1 heterocycles. The van der Waals surface area contributed by atoms with Gasteiger partial charge in [-0.25, -0.2) is 0 Å². The largest absolute Gasteiger partial charge is 0.481 e.